The number of hydrogen-bond acceptors (Lipinski definition) is 22. The van der Waals surface area contributed by atoms with Crippen LogP contribution < -0.4 is 21.3 Å². The number of piperidine rings is 1. The van der Waals surface area contributed by atoms with Gasteiger partial charge in [0.05, 0.1) is 135 Å². The Balaban J connectivity index is 0.000000147. The summed E-state index contributed by atoms with van der Waals surface area (Å²) >= 11 is 23.3. The van der Waals surface area contributed by atoms with Crippen molar-refractivity contribution in [1.29, 1.82) is 16.2 Å². The van der Waals surface area contributed by atoms with Crippen LogP contribution in [0.5, 0.6) is 0 Å². The number of rotatable bonds is 24. The molecule has 7 N–H and O–H groups in total. The molecule has 16 rings (SSSR count). The van der Waals surface area contributed by atoms with E-state index in [2.05, 4.69) is 76.4 Å². The second kappa shape index (κ2) is 43.4. The molecule has 0 spiro atoms. The summed E-state index contributed by atoms with van der Waals surface area (Å²) in [6, 6.07) is 41.4. The Morgan fingerprint density at radius 3 is 0.837 bits per heavy atom. The summed E-state index contributed by atoms with van der Waals surface area (Å²) in [5, 5.41) is 54.5. The number of nitrogens with zero attached hydrogens (tertiary/aromatic N) is 17. The highest BCUT2D eigenvalue weighted by molar-refractivity contribution is 6.31. The molecule has 662 valence electrons. The molecule has 0 unspecified atom stereocenters. The number of aliphatic imine (C=N–C) groups is 1. The van der Waals surface area contributed by atoms with E-state index in [1.165, 1.54) is 70.0 Å². The second-order valence-electron chi connectivity index (χ2n) is 30.5. The van der Waals surface area contributed by atoms with Crippen LogP contribution in [-0.2, 0) is 58.6 Å². The first-order valence-corrected chi connectivity index (χ1v) is 42.8. The average molecular weight is 1820 g/mol. The van der Waals surface area contributed by atoms with Crippen molar-refractivity contribution >= 4 is 140 Å². The maximum atomic E-state index is 13.0. The molecule has 0 aliphatic carbocycles. The van der Waals surface area contributed by atoms with Gasteiger partial charge in [0.2, 0.25) is 0 Å². The maximum absolute atomic E-state index is 13.0. The third kappa shape index (κ3) is 24.2. The molecule has 3 fully saturated rings. The van der Waals surface area contributed by atoms with Crippen molar-refractivity contribution in [3.8, 4) is 0 Å². The molecule has 4 amide bonds. The molecule has 33 nitrogen and oxygen atoms in total. The largest absolute Gasteiger partial charge is 0.378 e. The normalized spacial score (nSPS) is 13.4. The van der Waals surface area contributed by atoms with Crippen molar-refractivity contribution < 1.29 is 43.1 Å². The fourth-order valence-corrected chi connectivity index (χ4v) is 14.9. The Morgan fingerprint density at radius 1 is 0.326 bits per heavy atom. The van der Waals surface area contributed by atoms with Gasteiger partial charge < -0.3 is 45.6 Å². The zero-order valence-electron chi connectivity index (χ0n) is 71.2. The van der Waals surface area contributed by atoms with Gasteiger partial charge in [-0.1, -0.05) is 143 Å². The van der Waals surface area contributed by atoms with Crippen LogP contribution >= 0.6 is 46.4 Å². The van der Waals surface area contributed by atoms with E-state index in [1.54, 1.807) is 154 Å². The summed E-state index contributed by atoms with van der Waals surface area (Å²) in [4.78, 5) is 132. The van der Waals surface area contributed by atoms with Crippen LogP contribution in [0.25, 0.3) is 0 Å². The lowest BCUT2D eigenvalue weighted by molar-refractivity contribution is 0.0680. The number of carbonyl (C=O) groups is 8. The van der Waals surface area contributed by atoms with E-state index in [9.17, 15) is 38.4 Å². The number of nitrogens with one attached hydrogen (secondary N) is 7. The molecule has 0 saturated carbocycles. The number of ether oxygens (including phenoxy) is 1. The van der Waals surface area contributed by atoms with Crippen molar-refractivity contribution in [1.82, 2.24) is 78.7 Å². The number of benzene rings is 4. The van der Waals surface area contributed by atoms with Gasteiger partial charge >= 0.3 is 0 Å². The number of halogens is 4. The van der Waals surface area contributed by atoms with E-state index in [0.717, 1.165) is 93.0 Å². The molecular weight excluding hydrogens is 1730 g/mol. The number of likely N-dealkylation sites (tertiary alicyclic amines) is 2. The van der Waals surface area contributed by atoms with E-state index >= 15 is 0 Å². The molecule has 12 aromatic rings. The molecule has 4 aromatic carbocycles. The minimum Gasteiger partial charge on any atom is -0.378 e. The molecular formula is C92H92Cl4N24O9. The van der Waals surface area contributed by atoms with Gasteiger partial charge in [-0.2, -0.15) is 20.4 Å². The molecule has 0 radical (unpaired) electrons. The first kappa shape index (κ1) is 92.5. The number of aryl methyl sites for hydroxylation is 4. The predicted octanol–water partition coefficient (Wildman–Crippen LogP) is 13.2. The van der Waals surface area contributed by atoms with E-state index in [-0.39, 0.29) is 54.7 Å². The lowest BCUT2D eigenvalue weighted by atomic mass is 10.0. The Bertz CT molecular complexity index is 5940. The summed E-state index contributed by atoms with van der Waals surface area (Å²) < 4.78 is 11.4. The molecule has 0 atom stereocenters. The van der Waals surface area contributed by atoms with Crippen LogP contribution in [0.3, 0.4) is 0 Å². The summed E-state index contributed by atoms with van der Waals surface area (Å²) in [7, 11) is 8.78. The number of ketones is 4. The number of pyridine rings is 4. The molecule has 4 aliphatic heterocycles. The van der Waals surface area contributed by atoms with Gasteiger partial charge in [0, 0.05) is 150 Å². The molecule has 3 saturated heterocycles. The van der Waals surface area contributed by atoms with Gasteiger partial charge in [-0.3, -0.25) is 78.3 Å². The monoisotopic (exact) mass is 1820 g/mol. The Kier molecular flexibility index (Phi) is 31.1. The zero-order chi connectivity index (χ0) is 91.4. The van der Waals surface area contributed by atoms with Crippen LogP contribution in [0.15, 0.2) is 200 Å². The third-order valence-electron chi connectivity index (χ3n) is 21.8. The van der Waals surface area contributed by atoms with Gasteiger partial charge in [-0.05, 0) is 80.6 Å². The fraction of sp³-hybridized carbons (Fsp3) is 0.261. The summed E-state index contributed by atoms with van der Waals surface area (Å²) in [6.07, 6.45) is 17.3. The van der Waals surface area contributed by atoms with Crippen molar-refractivity contribution in [3.05, 3.63) is 305 Å². The topological polar surface area (TPSA) is 414 Å². The van der Waals surface area contributed by atoms with Crippen LogP contribution in [-0.4, -0.2) is 221 Å². The van der Waals surface area contributed by atoms with Crippen LogP contribution in [0.1, 0.15) is 160 Å². The SMILES string of the molecule is CN1CCN=C1c1ccc(C(=O)Cc2c(C(=O)Nc3ccc(Cl)cn3)cnn2C)cc1.Cn1ncc(C(=O)Nc2ccc(Cl)cn2)c1CC(=O)c1ccc(C(=N)N2CCCC2)cc1.Cn1ncc(C(=O)Nc2ccc(Cl)cn2)c1CC(=O)c1ccc(C(=N)N2CCCCC2)cc1.Cn1ncc(C(=O)Nc2ccc(Cl)cn2)c1CC(=O)c1ccc(C(=N)N2CCOCC2)cc1. The number of aromatic nitrogens is 12. The standard InChI is InChI=1S/C24H25ClN6O2.C23H23ClN6O3.C23H23ClN6O2.C22H21ClN6O2/c1-30-20(19(15-28-30)24(33)29-22-10-9-18(25)14-27-22)13-21(32)16-5-7-17(8-6-16)23(26)31-11-3-2-4-12-31;1-29-19(18(14-27-29)23(32)28-21-7-6-17(24)13-26-21)12-20(31)15-2-4-16(5-3-15)22(25)30-8-10-33-11-9-30;1-29-19(18(14-27-29)23(32)28-21-9-8-17(24)13-26-21)12-20(31)15-4-6-16(7-5-15)22(25)30-10-2-3-11-30;1-28-10-9-24-21(28)15-5-3-14(4-6-15)19(30)11-18-17(13-26-29(18)2)22(31)27-20-8-7-16(23)12-25-20/h5-10,14-15,26H,2-4,11-13H2,1H3,(H,27,29,33);2-7,13-14,25H,8-12H2,1H3,(H,26,28,32);4-9,13-14,25H,2-3,10-12H2,1H3,(H,26,28,32);3-8,12-13H,9-11H2,1-2H3,(H,25,27,31). The fourth-order valence-electron chi connectivity index (χ4n) is 14.5. The van der Waals surface area contributed by atoms with Crippen molar-refractivity contribution in [2.75, 3.05) is 93.9 Å². The molecule has 4 aliphatic rings. The minimum atomic E-state index is -0.407. The van der Waals surface area contributed by atoms with E-state index in [1.807, 2.05) is 41.1 Å². The van der Waals surface area contributed by atoms with Gasteiger partial charge in [0.25, 0.3) is 23.6 Å². The highest BCUT2D eigenvalue weighted by Gasteiger charge is 2.28. The second-order valence-corrected chi connectivity index (χ2v) is 32.2. The van der Waals surface area contributed by atoms with Crippen molar-refractivity contribution in [3.63, 3.8) is 0 Å². The minimum absolute atomic E-state index is 0.00750. The molecule has 8 aromatic heterocycles. The Hall–Kier alpha value is -14.1. The van der Waals surface area contributed by atoms with Gasteiger partial charge in [0.1, 0.15) is 46.6 Å². The van der Waals surface area contributed by atoms with Crippen LogP contribution in [0.4, 0.5) is 23.3 Å². The van der Waals surface area contributed by atoms with Crippen LogP contribution in [0.2, 0.25) is 20.1 Å². The summed E-state index contributed by atoms with van der Waals surface area (Å²) in [6.45, 7) is 7.84. The number of anilines is 4. The van der Waals surface area contributed by atoms with Gasteiger partial charge in [-0.15, -0.1) is 0 Å². The molecule has 12 heterocycles. The predicted molar refractivity (Wildman–Crippen MR) is 493 cm³/mol. The number of likely N-dealkylation sites (N-methyl/N-ethyl adjacent to an activating group) is 1. The summed E-state index contributed by atoms with van der Waals surface area (Å²) in [5.74, 6) is 1.66. The molecule has 0 bridgehead atoms. The van der Waals surface area contributed by atoms with Gasteiger partial charge in [-0.25, -0.2) is 19.9 Å². The number of morpholine rings is 1. The summed E-state index contributed by atoms with van der Waals surface area (Å²) in [5.41, 5.74) is 8.71. The smallest absolute Gasteiger partial charge is 0.260 e. The zero-order valence-corrected chi connectivity index (χ0v) is 74.2. The van der Waals surface area contributed by atoms with Crippen LogP contribution in [0, 0.1) is 16.2 Å². The van der Waals surface area contributed by atoms with E-state index in [4.69, 9.17) is 67.4 Å². The number of Topliss-reactive ketones (excluding diaryl/α,β-unsaturated/α-hetero) is 4. The third-order valence-corrected chi connectivity index (χ3v) is 22.7. The quantitative estimate of drug-likeness (QED) is 0.0168. The lowest BCUT2D eigenvalue weighted by Crippen LogP contribution is -2.40. The number of amidine groups is 4. The van der Waals surface area contributed by atoms with E-state index < -0.39 is 17.7 Å². The lowest BCUT2D eigenvalue weighted by Gasteiger charge is -2.29. The first-order chi connectivity index (χ1) is 62.2. The Labute approximate surface area is 762 Å². The molecule has 129 heavy (non-hydrogen) atoms. The highest BCUT2D eigenvalue weighted by Crippen LogP contribution is 2.26. The first-order valence-electron chi connectivity index (χ1n) is 41.3. The van der Waals surface area contributed by atoms with E-state index in [0.29, 0.717) is 154 Å². The average Bonchev–Trinajstić information content (AvgIpc) is 1.65. The number of hydrogen-bond donors (Lipinski definition) is 7. The van der Waals surface area contributed by atoms with Crippen molar-refractivity contribution in [2.24, 2.45) is 33.2 Å². The number of amides is 4. The van der Waals surface area contributed by atoms with Crippen molar-refractivity contribution in [2.45, 2.75) is 57.8 Å². The highest BCUT2D eigenvalue weighted by atomic mass is 35.5. The Morgan fingerprint density at radius 2 is 0.581 bits per heavy atom. The maximum Gasteiger partial charge on any atom is 0.260 e. The number of carbonyl (C=O) groups excluding carboxylic acids is 8. The molecule has 37 heteroatoms. The van der Waals surface area contributed by atoms with Gasteiger partial charge in [0.15, 0.2) is 23.1 Å².